The Labute approximate surface area is 388 Å². The second kappa shape index (κ2) is 16.0. The molecule has 0 saturated carbocycles. The second-order valence-electron chi connectivity index (χ2n) is 17.3. The van der Waals surface area contributed by atoms with Gasteiger partial charge in [-0.05, 0) is 122 Å². The van der Waals surface area contributed by atoms with Gasteiger partial charge in [0, 0.05) is 38.6 Å². The van der Waals surface area contributed by atoms with E-state index in [1.54, 1.807) is 0 Å². The normalized spacial score (nSPS) is 11.6. The van der Waals surface area contributed by atoms with E-state index in [0.29, 0.717) is 0 Å². The summed E-state index contributed by atoms with van der Waals surface area (Å²) in [5, 5.41) is 7.13. The van der Waals surface area contributed by atoms with E-state index in [-0.39, 0.29) is 0 Å². The minimum absolute atomic E-state index is 0.858. The van der Waals surface area contributed by atoms with Gasteiger partial charge in [0.25, 0.3) is 0 Å². The average Bonchev–Trinajstić information content (AvgIpc) is 3.96. The van der Waals surface area contributed by atoms with Crippen molar-refractivity contribution in [3.8, 4) is 50.2 Å². The number of hydrogen-bond donors (Lipinski definition) is 0. The summed E-state index contributed by atoms with van der Waals surface area (Å²) < 4.78 is 9.18. The van der Waals surface area contributed by atoms with Crippen LogP contribution in [0.5, 0.6) is 0 Å². The fourth-order valence-electron chi connectivity index (χ4n) is 10.1. The number of rotatable bonds is 8. The predicted octanol–water partition coefficient (Wildman–Crippen LogP) is 18.0. The van der Waals surface area contributed by atoms with Crippen molar-refractivity contribution >= 4 is 71.6 Å². The molecule has 0 radical (unpaired) electrons. The number of para-hydroxylation sites is 3. The van der Waals surface area contributed by atoms with Crippen molar-refractivity contribution in [2.24, 2.45) is 0 Å². The number of fused-ring (bicyclic) bond motifs is 8. The molecule has 67 heavy (non-hydrogen) atoms. The van der Waals surface area contributed by atoms with Crippen LogP contribution in [-0.4, -0.2) is 4.57 Å². The lowest BCUT2D eigenvalue weighted by Crippen LogP contribution is -2.10. The summed E-state index contributed by atoms with van der Waals surface area (Å²) in [6, 6.07) is 91.7. The zero-order valence-electron chi connectivity index (χ0n) is 36.6. The van der Waals surface area contributed by atoms with Crippen LogP contribution >= 0.6 is 0 Å². The number of benzene rings is 11. The maximum Gasteiger partial charge on any atom is 0.159 e. The molecular formula is C64H42N2O. The summed E-state index contributed by atoms with van der Waals surface area (Å²) in [6.45, 7) is 0. The number of nitrogens with zero attached hydrogens (tertiary/aromatic N) is 2. The molecule has 13 aromatic rings. The van der Waals surface area contributed by atoms with Crippen LogP contribution in [0.3, 0.4) is 0 Å². The third-order valence-electron chi connectivity index (χ3n) is 13.4. The molecule has 314 valence electrons. The van der Waals surface area contributed by atoms with E-state index in [9.17, 15) is 0 Å². The molecule has 0 aliphatic heterocycles. The third kappa shape index (κ3) is 6.67. The van der Waals surface area contributed by atoms with Gasteiger partial charge in [0.2, 0.25) is 0 Å². The fourth-order valence-corrected chi connectivity index (χ4v) is 10.1. The van der Waals surface area contributed by atoms with Gasteiger partial charge in [0.05, 0.1) is 16.7 Å². The van der Waals surface area contributed by atoms with Crippen LogP contribution in [0, 0.1) is 0 Å². The summed E-state index contributed by atoms with van der Waals surface area (Å²) in [4.78, 5) is 2.33. The molecule has 0 unspecified atom stereocenters. The molecule has 0 amide bonds. The van der Waals surface area contributed by atoms with Crippen molar-refractivity contribution in [3.63, 3.8) is 0 Å². The molecule has 0 fully saturated rings. The van der Waals surface area contributed by atoms with Gasteiger partial charge in [0.1, 0.15) is 5.58 Å². The molecule has 0 atom stereocenters. The van der Waals surface area contributed by atoms with E-state index < -0.39 is 0 Å². The maximum atomic E-state index is 6.82. The van der Waals surface area contributed by atoms with E-state index >= 15 is 0 Å². The van der Waals surface area contributed by atoms with Crippen LogP contribution in [0.2, 0.25) is 0 Å². The Kier molecular flexibility index (Phi) is 9.17. The Morgan fingerprint density at radius 2 is 0.791 bits per heavy atom. The fraction of sp³-hybridized carbons (Fsp3) is 0. The van der Waals surface area contributed by atoms with Gasteiger partial charge in [-0.3, -0.25) is 0 Å². The van der Waals surface area contributed by atoms with Gasteiger partial charge >= 0.3 is 0 Å². The molecule has 2 aromatic heterocycles. The van der Waals surface area contributed by atoms with Crippen LogP contribution in [0.25, 0.3) is 105 Å². The van der Waals surface area contributed by atoms with Crippen LogP contribution < -0.4 is 4.90 Å². The van der Waals surface area contributed by atoms with Crippen molar-refractivity contribution in [1.82, 2.24) is 4.57 Å². The molecule has 0 saturated heterocycles. The SMILES string of the molecule is c1ccc(-c2ccc(-c3ccc(N(c4ccc(-c5ccc(-c6ccc7c(c6)c6ccccc6n7-c6ccccc6)cc5)cc4)c4cccc5c4oc4ccc6ccccc6c45)cc3)cc2)cc1. The minimum Gasteiger partial charge on any atom is -0.454 e. The Hall–Kier alpha value is -8.92. The molecule has 0 aliphatic carbocycles. The average molecular weight is 855 g/mol. The summed E-state index contributed by atoms with van der Waals surface area (Å²) >= 11 is 0. The van der Waals surface area contributed by atoms with Crippen molar-refractivity contribution < 1.29 is 4.42 Å². The zero-order chi connectivity index (χ0) is 44.3. The maximum absolute atomic E-state index is 6.82. The summed E-state index contributed by atoms with van der Waals surface area (Å²) in [5.74, 6) is 0. The quantitative estimate of drug-likeness (QED) is 0.152. The van der Waals surface area contributed by atoms with E-state index in [1.165, 1.54) is 66.1 Å². The van der Waals surface area contributed by atoms with E-state index in [0.717, 1.165) is 55.7 Å². The Morgan fingerprint density at radius 3 is 1.43 bits per heavy atom. The van der Waals surface area contributed by atoms with Crippen LogP contribution in [0.1, 0.15) is 0 Å². The lowest BCUT2D eigenvalue weighted by molar-refractivity contribution is 0.669. The number of anilines is 3. The van der Waals surface area contributed by atoms with E-state index in [1.807, 2.05) is 0 Å². The molecule has 0 spiro atoms. The van der Waals surface area contributed by atoms with Gasteiger partial charge in [-0.25, -0.2) is 0 Å². The molecular weight excluding hydrogens is 813 g/mol. The van der Waals surface area contributed by atoms with Crippen LogP contribution in [0.4, 0.5) is 17.1 Å². The Morgan fingerprint density at radius 1 is 0.313 bits per heavy atom. The Bertz CT molecular complexity index is 3920. The summed E-state index contributed by atoms with van der Waals surface area (Å²) in [7, 11) is 0. The first-order valence-electron chi connectivity index (χ1n) is 22.9. The third-order valence-corrected chi connectivity index (χ3v) is 13.4. The lowest BCUT2D eigenvalue weighted by Gasteiger charge is -2.26. The van der Waals surface area contributed by atoms with Gasteiger partial charge in [-0.2, -0.15) is 0 Å². The molecule has 3 nitrogen and oxygen atoms in total. The van der Waals surface area contributed by atoms with E-state index in [2.05, 4.69) is 264 Å². The second-order valence-corrected chi connectivity index (χ2v) is 17.3. The monoisotopic (exact) mass is 854 g/mol. The minimum atomic E-state index is 0.858. The number of hydrogen-bond acceptors (Lipinski definition) is 2. The molecule has 0 bridgehead atoms. The van der Waals surface area contributed by atoms with E-state index in [4.69, 9.17) is 4.42 Å². The number of furan rings is 1. The molecule has 3 heteroatoms. The number of aromatic nitrogens is 1. The largest absolute Gasteiger partial charge is 0.454 e. The molecule has 13 rings (SSSR count). The predicted molar refractivity (Wildman–Crippen MR) is 282 cm³/mol. The van der Waals surface area contributed by atoms with Gasteiger partial charge < -0.3 is 13.9 Å². The standard InChI is InChI=1S/C64H42N2O/c1-3-12-43(13-4-1)44-22-24-45(25-23-44)47-30-36-53(37-31-47)65(61-21-11-19-57-63-55-17-8-7-14-50(55)35-41-62(63)67-64(57)61)54-38-32-48(33-39-54)46-26-28-49(29-27-46)51-34-40-60-58(42-51)56-18-9-10-20-59(56)66(60)52-15-5-2-6-16-52/h1-42H. The summed E-state index contributed by atoms with van der Waals surface area (Å²) in [5.41, 5.74) is 17.9. The molecule has 0 N–H and O–H groups in total. The highest BCUT2D eigenvalue weighted by Crippen LogP contribution is 2.45. The highest BCUT2D eigenvalue weighted by Gasteiger charge is 2.21. The van der Waals surface area contributed by atoms with Gasteiger partial charge in [0.15, 0.2) is 5.58 Å². The lowest BCUT2D eigenvalue weighted by atomic mass is 9.98. The Balaban J connectivity index is 0.858. The van der Waals surface area contributed by atoms with Crippen molar-refractivity contribution in [2.75, 3.05) is 4.90 Å². The highest BCUT2D eigenvalue weighted by atomic mass is 16.3. The molecule has 2 heterocycles. The van der Waals surface area contributed by atoms with Crippen LogP contribution in [0.15, 0.2) is 259 Å². The topological polar surface area (TPSA) is 21.3 Å². The van der Waals surface area contributed by atoms with Crippen molar-refractivity contribution in [2.45, 2.75) is 0 Å². The summed E-state index contributed by atoms with van der Waals surface area (Å²) in [6.07, 6.45) is 0. The van der Waals surface area contributed by atoms with Gasteiger partial charge in [-0.15, -0.1) is 0 Å². The van der Waals surface area contributed by atoms with Crippen LogP contribution in [-0.2, 0) is 0 Å². The smallest absolute Gasteiger partial charge is 0.159 e. The van der Waals surface area contributed by atoms with Crippen molar-refractivity contribution in [1.29, 1.82) is 0 Å². The van der Waals surface area contributed by atoms with Crippen molar-refractivity contribution in [3.05, 3.63) is 255 Å². The zero-order valence-corrected chi connectivity index (χ0v) is 36.6. The first-order chi connectivity index (χ1) is 33.2. The first kappa shape index (κ1) is 38.5. The highest BCUT2D eigenvalue weighted by molar-refractivity contribution is 6.21. The van der Waals surface area contributed by atoms with Gasteiger partial charge in [-0.1, -0.05) is 188 Å². The molecule has 0 aliphatic rings. The first-order valence-corrected chi connectivity index (χ1v) is 22.9. The molecule has 11 aromatic carbocycles.